The topological polar surface area (TPSA) is 12.0 Å². The van der Waals surface area contributed by atoms with Crippen molar-refractivity contribution in [2.45, 2.75) is 58.3 Å². The molecular formula is C17H29N. The highest BCUT2D eigenvalue weighted by Gasteiger charge is 2.10. The van der Waals surface area contributed by atoms with Crippen LogP contribution in [0.25, 0.3) is 0 Å². The summed E-state index contributed by atoms with van der Waals surface area (Å²) in [5.74, 6) is 0.689. The highest BCUT2D eigenvalue weighted by molar-refractivity contribution is 5.19. The van der Waals surface area contributed by atoms with Gasteiger partial charge in [0, 0.05) is 6.54 Å². The van der Waals surface area contributed by atoms with E-state index in [0.29, 0.717) is 5.92 Å². The fraction of sp³-hybridized carbons (Fsp3) is 0.647. The molecule has 0 fully saturated rings. The van der Waals surface area contributed by atoms with E-state index in [-0.39, 0.29) is 0 Å². The zero-order valence-electron chi connectivity index (χ0n) is 12.1. The fourth-order valence-corrected chi connectivity index (χ4v) is 2.38. The summed E-state index contributed by atoms with van der Waals surface area (Å²) in [6, 6.07) is 11.0. The summed E-state index contributed by atoms with van der Waals surface area (Å²) < 4.78 is 0. The van der Waals surface area contributed by atoms with Crippen LogP contribution in [0.4, 0.5) is 0 Å². The second-order valence-electron chi connectivity index (χ2n) is 5.16. The second kappa shape index (κ2) is 10.1. The maximum atomic E-state index is 3.57. The third-order valence-corrected chi connectivity index (χ3v) is 3.49. The number of rotatable bonds is 10. The molecule has 0 saturated heterocycles. The van der Waals surface area contributed by atoms with Crippen LogP contribution in [0, 0.1) is 0 Å². The zero-order chi connectivity index (χ0) is 13.1. The Hall–Kier alpha value is -0.820. The van der Waals surface area contributed by atoms with E-state index in [0.717, 1.165) is 13.1 Å². The summed E-state index contributed by atoms with van der Waals surface area (Å²) in [5.41, 5.74) is 1.50. The first-order chi connectivity index (χ1) is 8.88. The Morgan fingerprint density at radius 3 is 2.39 bits per heavy atom. The second-order valence-corrected chi connectivity index (χ2v) is 5.16. The van der Waals surface area contributed by atoms with Crippen LogP contribution in [-0.4, -0.2) is 13.1 Å². The molecule has 0 aliphatic rings. The van der Waals surface area contributed by atoms with Crippen molar-refractivity contribution in [1.29, 1.82) is 0 Å². The van der Waals surface area contributed by atoms with E-state index >= 15 is 0 Å². The lowest BCUT2D eigenvalue weighted by Crippen LogP contribution is -2.22. The quantitative estimate of drug-likeness (QED) is 0.589. The van der Waals surface area contributed by atoms with Crippen LogP contribution in [0.3, 0.4) is 0 Å². The summed E-state index contributed by atoms with van der Waals surface area (Å²) in [5, 5.41) is 3.57. The van der Waals surface area contributed by atoms with Gasteiger partial charge in [-0.05, 0) is 30.9 Å². The first kappa shape index (κ1) is 15.2. The van der Waals surface area contributed by atoms with Gasteiger partial charge >= 0.3 is 0 Å². The monoisotopic (exact) mass is 247 g/mol. The number of hydrogen-bond acceptors (Lipinski definition) is 1. The first-order valence-electron chi connectivity index (χ1n) is 7.64. The molecule has 102 valence electrons. The molecule has 1 aromatic carbocycles. The lowest BCUT2D eigenvalue weighted by molar-refractivity contribution is 0.513. The van der Waals surface area contributed by atoms with Crippen LogP contribution in [0.1, 0.15) is 63.9 Å². The van der Waals surface area contributed by atoms with Gasteiger partial charge in [0.2, 0.25) is 0 Å². The molecule has 1 aromatic rings. The van der Waals surface area contributed by atoms with E-state index in [2.05, 4.69) is 49.5 Å². The summed E-state index contributed by atoms with van der Waals surface area (Å²) >= 11 is 0. The van der Waals surface area contributed by atoms with E-state index in [4.69, 9.17) is 0 Å². The number of benzene rings is 1. The van der Waals surface area contributed by atoms with Gasteiger partial charge in [0.05, 0.1) is 0 Å². The van der Waals surface area contributed by atoms with Gasteiger partial charge in [0.25, 0.3) is 0 Å². The van der Waals surface area contributed by atoms with Crippen LogP contribution in [-0.2, 0) is 0 Å². The maximum Gasteiger partial charge on any atom is 0.00201 e. The highest BCUT2D eigenvalue weighted by atomic mass is 14.8. The molecule has 0 radical (unpaired) electrons. The minimum absolute atomic E-state index is 0.689. The normalized spacial score (nSPS) is 12.6. The van der Waals surface area contributed by atoms with Crippen molar-refractivity contribution in [1.82, 2.24) is 5.32 Å². The van der Waals surface area contributed by atoms with Crippen molar-refractivity contribution in [2.75, 3.05) is 13.1 Å². The van der Waals surface area contributed by atoms with E-state index in [1.54, 1.807) is 0 Å². The summed E-state index contributed by atoms with van der Waals surface area (Å²) in [6.07, 6.45) is 7.99. The number of nitrogens with one attached hydrogen (secondary N) is 1. The molecule has 0 aliphatic carbocycles. The maximum absolute atomic E-state index is 3.57. The van der Waals surface area contributed by atoms with Gasteiger partial charge in [0.1, 0.15) is 0 Å². The van der Waals surface area contributed by atoms with Gasteiger partial charge in [-0.3, -0.25) is 0 Å². The number of unbranched alkanes of at least 4 members (excludes halogenated alkanes) is 3. The van der Waals surface area contributed by atoms with Crippen molar-refractivity contribution < 1.29 is 0 Å². The molecular weight excluding hydrogens is 218 g/mol. The largest absolute Gasteiger partial charge is 0.316 e. The minimum Gasteiger partial charge on any atom is -0.316 e. The molecule has 18 heavy (non-hydrogen) atoms. The summed E-state index contributed by atoms with van der Waals surface area (Å²) in [6.45, 7) is 6.77. The molecule has 1 rings (SSSR count). The lowest BCUT2D eigenvalue weighted by atomic mass is 9.93. The first-order valence-corrected chi connectivity index (χ1v) is 7.64. The summed E-state index contributed by atoms with van der Waals surface area (Å²) in [7, 11) is 0. The molecule has 1 N–H and O–H groups in total. The Balaban J connectivity index is 2.42. The summed E-state index contributed by atoms with van der Waals surface area (Å²) in [4.78, 5) is 0. The molecule has 1 nitrogen and oxygen atoms in total. The Labute approximate surface area is 113 Å². The van der Waals surface area contributed by atoms with Crippen LogP contribution in [0.2, 0.25) is 0 Å². The molecule has 0 aromatic heterocycles. The molecule has 0 spiro atoms. The average molecular weight is 247 g/mol. The average Bonchev–Trinajstić information content (AvgIpc) is 2.42. The molecule has 0 bridgehead atoms. The smallest absolute Gasteiger partial charge is 0.00201 e. The van der Waals surface area contributed by atoms with Gasteiger partial charge in [-0.15, -0.1) is 0 Å². The van der Waals surface area contributed by atoms with E-state index in [1.807, 2.05) is 0 Å². The van der Waals surface area contributed by atoms with Gasteiger partial charge in [0.15, 0.2) is 0 Å². The minimum atomic E-state index is 0.689. The molecule has 0 heterocycles. The van der Waals surface area contributed by atoms with Gasteiger partial charge in [-0.2, -0.15) is 0 Å². The SMILES string of the molecule is CCCCCCC(CNCCC)c1ccccc1. The Morgan fingerprint density at radius 1 is 0.944 bits per heavy atom. The Bertz CT molecular complexity index is 281. The highest BCUT2D eigenvalue weighted by Crippen LogP contribution is 2.21. The van der Waals surface area contributed by atoms with Gasteiger partial charge in [-0.25, -0.2) is 0 Å². The number of hydrogen-bond donors (Lipinski definition) is 1. The van der Waals surface area contributed by atoms with E-state index < -0.39 is 0 Å². The standard InChI is InChI=1S/C17H29N/c1-3-5-6-8-13-17(15-18-14-4-2)16-11-9-7-10-12-16/h7,9-12,17-18H,3-6,8,13-15H2,1-2H3. The third kappa shape index (κ3) is 6.20. The van der Waals surface area contributed by atoms with E-state index in [1.165, 1.54) is 44.1 Å². The predicted octanol–water partition coefficient (Wildman–Crippen LogP) is 4.74. The van der Waals surface area contributed by atoms with Crippen molar-refractivity contribution in [3.05, 3.63) is 35.9 Å². The van der Waals surface area contributed by atoms with Crippen LogP contribution in [0.15, 0.2) is 30.3 Å². The van der Waals surface area contributed by atoms with Crippen molar-refractivity contribution in [3.63, 3.8) is 0 Å². The molecule has 1 unspecified atom stereocenters. The molecule has 0 aliphatic heterocycles. The van der Waals surface area contributed by atoms with Crippen molar-refractivity contribution in [2.24, 2.45) is 0 Å². The molecule has 0 saturated carbocycles. The third-order valence-electron chi connectivity index (χ3n) is 3.49. The molecule has 1 atom stereocenters. The zero-order valence-corrected chi connectivity index (χ0v) is 12.1. The van der Waals surface area contributed by atoms with Crippen LogP contribution >= 0.6 is 0 Å². The van der Waals surface area contributed by atoms with Gasteiger partial charge < -0.3 is 5.32 Å². The van der Waals surface area contributed by atoms with Crippen molar-refractivity contribution in [3.8, 4) is 0 Å². The van der Waals surface area contributed by atoms with Crippen LogP contribution < -0.4 is 5.32 Å². The van der Waals surface area contributed by atoms with Crippen LogP contribution in [0.5, 0.6) is 0 Å². The molecule has 0 amide bonds. The predicted molar refractivity (Wildman–Crippen MR) is 81.1 cm³/mol. The Morgan fingerprint density at radius 2 is 1.72 bits per heavy atom. The Kier molecular flexibility index (Phi) is 8.58. The lowest BCUT2D eigenvalue weighted by Gasteiger charge is -2.18. The fourth-order valence-electron chi connectivity index (χ4n) is 2.38. The molecule has 1 heteroatoms. The van der Waals surface area contributed by atoms with E-state index in [9.17, 15) is 0 Å². The van der Waals surface area contributed by atoms with Gasteiger partial charge in [-0.1, -0.05) is 69.9 Å². The van der Waals surface area contributed by atoms with Crippen molar-refractivity contribution >= 4 is 0 Å².